The summed E-state index contributed by atoms with van der Waals surface area (Å²) in [4.78, 5) is 10.7. The number of oxazole rings is 1. The van der Waals surface area contributed by atoms with Crippen molar-refractivity contribution in [1.29, 1.82) is 0 Å². The van der Waals surface area contributed by atoms with E-state index in [0.29, 0.717) is 19.0 Å². The lowest BCUT2D eigenvalue weighted by atomic mass is 10.1. The summed E-state index contributed by atoms with van der Waals surface area (Å²) in [6, 6.07) is 8.59. The topological polar surface area (TPSA) is 65.7 Å². The number of aliphatic imine (C=N–C) groups is 1. The Labute approximate surface area is 144 Å². The SMILES string of the molecule is CN=C(NCc1ccc(CN(C)C)cc1)NCc1nc(C)c(C)o1. The lowest BCUT2D eigenvalue weighted by molar-refractivity contribution is 0.402. The van der Waals surface area contributed by atoms with Gasteiger partial charge in [-0.15, -0.1) is 0 Å². The normalized spacial score (nSPS) is 11.8. The summed E-state index contributed by atoms with van der Waals surface area (Å²) in [6.45, 7) is 6.03. The molecule has 0 fully saturated rings. The summed E-state index contributed by atoms with van der Waals surface area (Å²) in [5, 5.41) is 6.51. The molecule has 6 nitrogen and oxygen atoms in total. The molecule has 0 aliphatic carbocycles. The first-order chi connectivity index (χ1) is 11.5. The molecule has 2 aromatic rings. The molecule has 0 aliphatic heterocycles. The van der Waals surface area contributed by atoms with Crippen molar-refractivity contribution >= 4 is 5.96 Å². The van der Waals surface area contributed by atoms with Crippen LogP contribution >= 0.6 is 0 Å². The molecule has 0 bridgehead atoms. The van der Waals surface area contributed by atoms with Crippen molar-refractivity contribution in [1.82, 2.24) is 20.5 Å². The van der Waals surface area contributed by atoms with E-state index in [9.17, 15) is 0 Å². The molecule has 0 saturated heterocycles. The van der Waals surface area contributed by atoms with E-state index in [1.54, 1.807) is 7.05 Å². The second kappa shape index (κ2) is 8.49. The number of hydrogen-bond donors (Lipinski definition) is 2. The molecule has 24 heavy (non-hydrogen) atoms. The highest BCUT2D eigenvalue weighted by Gasteiger charge is 2.06. The summed E-state index contributed by atoms with van der Waals surface area (Å²) in [5.41, 5.74) is 3.44. The maximum Gasteiger partial charge on any atom is 0.214 e. The monoisotopic (exact) mass is 329 g/mol. The van der Waals surface area contributed by atoms with Crippen LogP contribution < -0.4 is 10.6 Å². The number of benzene rings is 1. The Morgan fingerprint density at radius 2 is 1.71 bits per heavy atom. The third-order valence-corrected chi connectivity index (χ3v) is 3.69. The fraction of sp³-hybridized carbons (Fsp3) is 0.444. The number of hydrogen-bond acceptors (Lipinski definition) is 4. The zero-order chi connectivity index (χ0) is 17.5. The van der Waals surface area contributed by atoms with Gasteiger partial charge < -0.3 is 20.0 Å². The molecule has 130 valence electrons. The van der Waals surface area contributed by atoms with E-state index in [1.165, 1.54) is 11.1 Å². The van der Waals surface area contributed by atoms with E-state index in [0.717, 1.165) is 24.0 Å². The molecule has 1 aromatic carbocycles. The van der Waals surface area contributed by atoms with Crippen LogP contribution in [0.25, 0.3) is 0 Å². The van der Waals surface area contributed by atoms with E-state index in [2.05, 4.69) is 63.9 Å². The average molecular weight is 329 g/mol. The summed E-state index contributed by atoms with van der Waals surface area (Å²) >= 11 is 0. The zero-order valence-corrected chi connectivity index (χ0v) is 15.2. The van der Waals surface area contributed by atoms with Crippen molar-refractivity contribution in [2.24, 2.45) is 4.99 Å². The van der Waals surface area contributed by atoms with E-state index < -0.39 is 0 Å². The van der Waals surface area contributed by atoms with Gasteiger partial charge in [0.05, 0.1) is 12.2 Å². The first-order valence-electron chi connectivity index (χ1n) is 8.08. The molecule has 0 saturated carbocycles. The minimum Gasteiger partial charge on any atom is -0.444 e. The highest BCUT2D eigenvalue weighted by atomic mass is 16.4. The minimum atomic E-state index is 0.510. The summed E-state index contributed by atoms with van der Waals surface area (Å²) < 4.78 is 5.56. The Morgan fingerprint density at radius 1 is 1.08 bits per heavy atom. The maximum atomic E-state index is 5.56. The summed E-state index contributed by atoms with van der Waals surface area (Å²) in [6.07, 6.45) is 0. The molecule has 2 rings (SSSR count). The Kier molecular flexibility index (Phi) is 6.37. The Bertz CT molecular complexity index is 654. The fourth-order valence-corrected chi connectivity index (χ4v) is 2.31. The van der Waals surface area contributed by atoms with E-state index in [-0.39, 0.29) is 0 Å². The predicted octanol–water partition coefficient (Wildman–Crippen LogP) is 2.22. The van der Waals surface area contributed by atoms with Crippen molar-refractivity contribution < 1.29 is 4.42 Å². The van der Waals surface area contributed by atoms with Gasteiger partial charge in [0.25, 0.3) is 0 Å². The number of aryl methyl sites for hydroxylation is 2. The van der Waals surface area contributed by atoms with E-state index in [1.807, 2.05) is 13.8 Å². The molecular weight excluding hydrogens is 302 g/mol. The highest BCUT2D eigenvalue weighted by molar-refractivity contribution is 5.79. The van der Waals surface area contributed by atoms with Crippen molar-refractivity contribution in [3.05, 3.63) is 52.7 Å². The molecular formula is C18H27N5O. The third-order valence-electron chi connectivity index (χ3n) is 3.69. The molecule has 2 N–H and O–H groups in total. The van der Waals surface area contributed by atoms with Gasteiger partial charge in [-0.1, -0.05) is 24.3 Å². The van der Waals surface area contributed by atoms with Crippen LogP contribution in [-0.2, 0) is 19.6 Å². The highest BCUT2D eigenvalue weighted by Crippen LogP contribution is 2.08. The number of nitrogens with zero attached hydrogens (tertiary/aromatic N) is 3. The van der Waals surface area contributed by atoms with Gasteiger partial charge in [0, 0.05) is 20.1 Å². The second-order valence-electron chi connectivity index (χ2n) is 6.08. The summed E-state index contributed by atoms with van der Waals surface area (Å²) in [5.74, 6) is 2.24. The smallest absolute Gasteiger partial charge is 0.214 e. The Balaban J connectivity index is 1.82. The Morgan fingerprint density at radius 3 is 2.25 bits per heavy atom. The van der Waals surface area contributed by atoms with Crippen LogP contribution in [-0.4, -0.2) is 37.0 Å². The van der Waals surface area contributed by atoms with Crippen molar-refractivity contribution in [2.45, 2.75) is 33.5 Å². The fourth-order valence-electron chi connectivity index (χ4n) is 2.31. The molecule has 0 spiro atoms. The number of nitrogens with one attached hydrogen (secondary N) is 2. The largest absolute Gasteiger partial charge is 0.444 e. The molecule has 6 heteroatoms. The van der Waals surface area contributed by atoms with Crippen LogP contribution in [0.1, 0.15) is 28.5 Å². The first kappa shape index (κ1) is 18.0. The quantitative estimate of drug-likeness (QED) is 0.628. The van der Waals surface area contributed by atoms with Crippen molar-refractivity contribution in [2.75, 3.05) is 21.1 Å². The van der Waals surface area contributed by atoms with Gasteiger partial charge in [-0.05, 0) is 39.1 Å². The van der Waals surface area contributed by atoms with Gasteiger partial charge in [-0.3, -0.25) is 4.99 Å². The van der Waals surface area contributed by atoms with Crippen LogP contribution in [0.2, 0.25) is 0 Å². The third kappa shape index (κ3) is 5.38. The van der Waals surface area contributed by atoms with Crippen molar-refractivity contribution in [3.63, 3.8) is 0 Å². The van der Waals surface area contributed by atoms with Gasteiger partial charge in [-0.2, -0.15) is 0 Å². The molecule has 0 aliphatic rings. The van der Waals surface area contributed by atoms with Crippen LogP contribution in [0.15, 0.2) is 33.7 Å². The van der Waals surface area contributed by atoms with Gasteiger partial charge >= 0.3 is 0 Å². The van der Waals surface area contributed by atoms with Gasteiger partial charge in [0.2, 0.25) is 5.89 Å². The van der Waals surface area contributed by atoms with Gasteiger partial charge in [0.15, 0.2) is 5.96 Å². The lowest BCUT2D eigenvalue weighted by Crippen LogP contribution is -2.36. The molecule has 1 aromatic heterocycles. The molecule has 1 heterocycles. The number of guanidine groups is 1. The molecule has 0 unspecified atom stereocenters. The first-order valence-corrected chi connectivity index (χ1v) is 8.08. The van der Waals surface area contributed by atoms with Crippen molar-refractivity contribution in [3.8, 4) is 0 Å². The average Bonchev–Trinajstić information content (AvgIpc) is 2.87. The molecule has 0 radical (unpaired) electrons. The van der Waals surface area contributed by atoms with E-state index >= 15 is 0 Å². The van der Waals surface area contributed by atoms with Crippen LogP contribution in [0.3, 0.4) is 0 Å². The van der Waals surface area contributed by atoms with E-state index in [4.69, 9.17) is 4.42 Å². The lowest BCUT2D eigenvalue weighted by Gasteiger charge is -2.12. The maximum absolute atomic E-state index is 5.56. The standard InChI is InChI=1S/C18H27N5O/c1-13-14(2)24-17(22-13)11-21-18(19-3)20-10-15-6-8-16(9-7-15)12-23(4)5/h6-9H,10-12H2,1-5H3,(H2,19,20,21). The molecule has 0 atom stereocenters. The Hall–Kier alpha value is -2.34. The van der Waals surface area contributed by atoms with Crippen LogP contribution in [0.5, 0.6) is 0 Å². The number of rotatable bonds is 6. The predicted molar refractivity (Wildman–Crippen MR) is 96.8 cm³/mol. The van der Waals surface area contributed by atoms with Gasteiger partial charge in [-0.25, -0.2) is 4.98 Å². The minimum absolute atomic E-state index is 0.510. The molecule has 0 amide bonds. The number of aromatic nitrogens is 1. The van der Waals surface area contributed by atoms with Crippen LogP contribution in [0.4, 0.5) is 0 Å². The zero-order valence-electron chi connectivity index (χ0n) is 15.2. The second-order valence-corrected chi connectivity index (χ2v) is 6.08. The van der Waals surface area contributed by atoms with Gasteiger partial charge in [0.1, 0.15) is 5.76 Å². The summed E-state index contributed by atoms with van der Waals surface area (Å²) in [7, 11) is 5.89. The van der Waals surface area contributed by atoms with Crippen LogP contribution in [0, 0.1) is 13.8 Å².